The predicted molar refractivity (Wildman–Crippen MR) is 69.4 cm³/mol. The van der Waals surface area contributed by atoms with Gasteiger partial charge in [-0.15, -0.1) is 11.8 Å². The molecular weight excluding hydrogens is 204 g/mol. The van der Waals surface area contributed by atoms with Gasteiger partial charge in [0, 0.05) is 18.7 Å². The summed E-state index contributed by atoms with van der Waals surface area (Å²) in [6.45, 7) is 10.3. The third kappa shape index (κ3) is 3.61. The Morgan fingerprint density at radius 2 is 2.47 bits per heavy atom. The minimum atomic E-state index is 0.329. The largest absolute Gasteiger partial charge is 0.375 e. The second-order valence-corrected chi connectivity index (χ2v) is 4.61. The van der Waals surface area contributed by atoms with Crippen molar-refractivity contribution in [2.24, 2.45) is 5.73 Å². The molecule has 1 atom stereocenters. The fourth-order valence-electron chi connectivity index (χ4n) is 1.35. The highest BCUT2D eigenvalue weighted by Crippen LogP contribution is 2.26. The summed E-state index contributed by atoms with van der Waals surface area (Å²) in [6, 6.07) is 0. The second kappa shape index (κ2) is 5.83. The van der Waals surface area contributed by atoms with Crippen LogP contribution in [0.15, 0.2) is 47.6 Å². The summed E-state index contributed by atoms with van der Waals surface area (Å²) in [6.07, 6.45) is 4.68. The lowest BCUT2D eigenvalue weighted by Gasteiger charge is -2.12. The van der Waals surface area contributed by atoms with Crippen LogP contribution < -0.4 is 11.1 Å². The molecule has 0 saturated heterocycles. The number of nitrogens with one attached hydrogen (secondary N) is 1. The van der Waals surface area contributed by atoms with E-state index in [0.29, 0.717) is 11.9 Å². The van der Waals surface area contributed by atoms with Crippen LogP contribution in [0.1, 0.15) is 13.3 Å². The van der Waals surface area contributed by atoms with Gasteiger partial charge in [-0.25, -0.2) is 0 Å². The molecule has 0 aliphatic carbocycles. The number of allylic oxidation sites excluding steroid dienone is 4. The van der Waals surface area contributed by atoms with Gasteiger partial charge < -0.3 is 11.1 Å². The Hall–Kier alpha value is -0.930. The van der Waals surface area contributed by atoms with Gasteiger partial charge in [0.1, 0.15) is 0 Å². The molecular formula is C12H18N2S. The van der Waals surface area contributed by atoms with E-state index in [9.17, 15) is 0 Å². The second-order valence-electron chi connectivity index (χ2n) is 3.53. The van der Waals surface area contributed by atoms with Gasteiger partial charge in [-0.1, -0.05) is 30.9 Å². The van der Waals surface area contributed by atoms with E-state index in [2.05, 4.69) is 23.9 Å². The zero-order chi connectivity index (χ0) is 11.3. The lowest BCUT2D eigenvalue weighted by molar-refractivity contribution is 0.743. The number of hydrogen-bond acceptors (Lipinski definition) is 3. The molecule has 2 nitrogen and oxygen atoms in total. The molecule has 0 fully saturated rings. The molecule has 15 heavy (non-hydrogen) atoms. The first-order valence-corrected chi connectivity index (χ1v) is 5.90. The Bertz CT molecular complexity index is 316. The molecule has 1 aliphatic rings. The first-order chi connectivity index (χ1) is 7.17. The molecule has 3 N–H and O–H groups in total. The molecule has 3 heteroatoms. The third-order valence-corrected chi connectivity index (χ3v) is 3.24. The molecule has 82 valence electrons. The van der Waals surface area contributed by atoms with Crippen molar-refractivity contribution in [3.63, 3.8) is 0 Å². The van der Waals surface area contributed by atoms with Crippen LogP contribution in [0.3, 0.4) is 0 Å². The molecule has 1 heterocycles. The van der Waals surface area contributed by atoms with E-state index in [1.54, 1.807) is 17.8 Å². The van der Waals surface area contributed by atoms with Gasteiger partial charge in [0.15, 0.2) is 0 Å². The maximum atomic E-state index is 5.58. The van der Waals surface area contributed by atoms with E-state index in [1.165, 1.54) is 11.3 Å². The standard InChI is InChI=1S/C12H18N2S/c1-4-5-10(9(2)3)6-11-8-15-12(7-13)14-11/h4-5,8,12,14H,1-2,6-7,13H2,3H3/b10-5-. The van der Waals surface area contributed by atoms with Gasteiger partial charge >= 0.3 is 0 Å². The molecule has 0 bridgehead atoms. The van der Waals surface area contributed by atoms with Crippen LogP contribution in [0, 0.1) is 0 Å². The zero-order valence-corrected chi connectivity index (χ0v) is 9.94. The fraction of sp³-hybridized carbons (Fsp3) is 0.333. The number of nitrogens with two attached hydrogens (primary N) is 1. The van der Waals surface area contributed by atoms with E-state index < -0.39 is 0 Å². The van der Waals surface area contributed by atoms with Crippen LogP contribution in [0.4, 0.5) is 0 Å². The van der Waals surface area contributed by atoms with Crippen molar-refractivity contribution in [1.82, 2.24) is 5.32 Å². The van der Waals surface area contributed by atoms with Crippen molar-refractivity contribution in [1.29, 1.82) is 0 Å². The van der Waals surface area contributed by atoms with E-state index >= 15 is 0 Å². The molecule has 0 spiro atoms. The van der Waals surface area contributed by atoms with Crippen molar-refractivity contribution in [3.8, 4) is 0 Å². The number of hydrogen-bond donors (Lipinski definition) is 2. The van der Waals surface area contributed by atoms with E-state index in [0.717, 1.165) is 12.0 Å². The maximum Gasteiger partial charge on any atom is 0.0884 e. The van der Waals surface area contributed by atoms with Crippen molar-refractivity contribution < 1.29 is 0 Å². The Balaban J connectivity index is 2.58. The highest BCUT2D eigenvalue weighted by molar-refractivity contribution is 8.03. The minimum Gasteiger partial charge on any atom is -0.375 e. The van der Waals surface area contributed by atoms with Gasteiger partial charge in [0.2, 0.25) is 0 Å². The summed E-state index contributed by atoms with van der Waals surface area (Å²) in [4.78, 5) is 0. The van der Waals surface area contributed by atoms with Crippen LogP contribution in [-0.4, -0.2) is 11.9 Å². The van der Waals surface area contributed by atoms with Gasteiger partial charge in [-0.05, 0) is 17.9 Å². The van der Waals surface area contributed by atoms with Crippen LogP contribution >= 0.6 is 11.8 Å². The molecule has 0 aromatic carbocycles. The Morgan fingerprint density at radius 3 is 2.93 bits per heavy atom. The zero-order valence-electron chi connectivity index (χ0n) is 9.12. The minimum absolute atomic E-state index is 0.329. The molecule has 1 unspecified atom stereocenters. The summed E-state index contributed by atoms with van der Waals surface area (Å²) in [5, 5.41) is 5.83. The molecule has 0 radical (unpaired) electrons. The van der Waals surface area contributed by atoms with Gasteiger partial charge in [0.25, 0.3) is 0 Å². The topological polar surface area (TPSA) is 38.0 Å². The number of thioether (sulfide) groups is 1. The summed E-state index contributed by atoms with van der Waals surface area (Å²) >= 11 is 1.74. The lowest BCUT2D eigenvalue weighted by atomic mass is 10.0. The van der Waals surface area contributed by atoms with Crippen molar-refractivity contribution in [2.45, 2.75) is 18.7 Å². The van der Waals surface area contributed by atoms with Gasteiger partial charge in [-0.3, -0.25) is 0 Å². The Labute approximate surface area is 96.0 Å². The first-order valence-electron chi connectivity index (χ1n) is 4.96. The Kier molecular flexibility index (Phi) is 4.72. The monoisotopic (exact) mass is 222 g/mol. The van der Waals surface area contributed by atoms with E-state index in [1.807, 2.05) is 13.0 Å². The SMILES string of the molecule is C=C/C=C(/CC1=CSC(CN)N1)C(=C)C. The summed E-state index contributed by atoms with van der Waals surface area (Å²) in [5.41, 5.74) is 9.09. The summed E-state index contributed by atoms with van der Waals surface area (Å²) in [7, 11) is 0. The van der Waals surface area contributed by atoms with E-state index in [4.69, 9.17) is 5.73 Å². The highest BCUT2D eigenvalue weighted by atomic mass is 32.2. The van der Waals surface area contributed by atoms with Crippen molar-refractivity contribution >= 4 is 11.8 Å². The van der Waals surface area contributed by atoms with Crippen LogP contribution in [0.25, 0.3) is 0 Å². The quantitative estimate of drug-likeness (QED) is 0.702. The van der Waals surface area contributed by atoms with Crippen molar-refractivity contribution in [3.05, 3.63) is 47.6 Å². The van der Waals surface area contributed by atoms with Crippen molar-refractivity contribution in [2.75, 3.05) is 6.54 Å². The highest BCUT2D eigenvalue weighted by Gasteiger charge is 2.15. The third-order valence-electron chi connectivity index (χ3n) is 2.18. The molecule has 0 aromatic heterocycles. The fourth-order valence-corrected chi connectivity index (χ4v) is 2.16. The van der Waals surface area contributed by atoms with Crippen LogP contribution in [0.5, 0.6) is 0 Å². The summed E-state index contributed by atoms with van der Waals surface area (Å²) < 4.78 is 0. The maximum absolute atomic E-state index is 5.58. The van der Waals surface area contributed by atoms with Gasteiger partial charge in [0.05, 0.1) is 5.37 Å². The predicted octanol–water partition coefficient (Wildman–Crippen LogP) is 2.53. The smallest absolute Gasteiger partial charge is 0.0884 e. The molecule has 0 aromatic rings. The molecule has 1 aliphatic heterocycles. The van der Waals surface area contributed by atoms with Gasteiger partial charge in [-0.2, -0.15) is 0 Å². The van der Waals surface area contributed by atoms with Crippen LogP contribution in [0.2, 0.25) is 0 Å². The Morgan fingerprint density at radius 1 is 1.73 bits per heavy atom. The van der Waals surface area contributed by atoms with E-state index in [-0.39, 0.29) is 0 Å². The average Bonchev–Trinajstić information content (AvgIpc) is 2.65. The normalized spacial score (nSPS) is 20.8. The first kappa shape index (κ1) is 12.1. The molecule has 0 saturated carbocycles. The molecule has 0 amide bonds. The van der Waals surface area contributed by atoms with Crippen LogP contribution in [-0.2, 0) is 0 Å². The molecule has 1 rings (SSSR count). The number of rotatable bonds is 5. The summed E-state index contributed by atoms with van der Waals surface area (Å²) in [5.74, 6) is 0. The average molecular weight is 222 g/mol. The lowest BCUT2D eigenvalue weighted by Crippen LogP contribution is -2.28.